The highest BCUT2D eigenvalue weighted by atomic mass is 32.2. The van der Waals surface area contributed by atoms with Crippen molar-refractivity contribution in [2.75, 3.05) is 13.1 Å². The van der Waals surface area contributed by atoms with Crippen LogP contribution in [0.3, 0.4) is 0 Å². The van der Waals surface area contributed by atoms with Crippen molar-refractivity contribution in [1.29, 1.82) is 0 Å². The van der Waals surface area contributed by atoms with Crippen LogP contribution in [0.2, 0.25) is 0 Å². The van der Waals surface area contributed by atoms with Gasteiger partial charge in [0.1, 0.15) is 0 Å². The van der Waals surface area contributed by atoms with Crippen LogP contribution < -0.4 is 5.32 Å². The molecule has 0 spiro atoms. The lowest BCUT2D eigenvalue weighted by Gasteiger charge is -2.21. The minimum Gasteiger partial charge on any atom is -0.426 e. The zero-order valence-electron chi connectivity index (χ0n) is 15.8. The lowest BCUT2D eigenvalue weighted by molar-refractivity contribution is -0.121. The number of amides is 1. The molecule has 0 heterocycles. The second-order valence-electron chi connectivity index (χ2n) is 6.45. The SMILES string of the molecule is CCN(CCC(=O)NC(Cc1ccc(C)cc1)B(O)O)Sc1ccccc1. The van der Waals surface area contributed by atoms with E-state index in [4.69, 9.17) is 0 Å². The van der Waals surface area contributed by atoms with E-state index in [1.807, 2.05) is 68.4 Å². The number of nitrogens with one attached hydrogen (secondary N) is 1. The van der Waals surface area contributed by atoms with Crippen LogP contribution in [-0.4, -0.2) is 46.4 Å². The predicted octanol–water partition coefficient (Wildman–Crippen LogP) is 2.45. The average Bonchev–Trinajstić information content (AvgIpc) is 2.67. The molecule has 0 saturated heterocycles. The van der Waals surface area contributed by atoms with Crippen LogP contribution in [0, 0.1) is 6.92 Å². The third-order valence-corrected chi connectivity index (χ3v) is 5.38. The molecule has 3 N–H and O–H groups in total. The van der Waals surface area contributed by atoms with Gasteiger partial charge < -0.3 is 15.4 Å². The van der Waals surface area contributed by atoms with Gasteiger partial charge in [-0.2, -0.15) is 0 Å². The van der Waals surface area contributed by atoms with Crippen LogP contribution >= 0.6 is 11.9 Å². The van der Waals surface area contributed by atoms with Gasteiger partial charge in [-0.15, -0.1) is 0 Å². The molecule has 2 aromatic rings. The molecule has 2 aromatic carbocycles. The second-order valence-corrected chi connectivity index (χ2v) is 7.62. The molecule has 0 aromatic heterocycles. The fourth-order valence-electron chi connectivity index (χ4n) is 2.61. The Hall–Kier alpha value is -1.80. The van der Waals surface area contributed by atoms with E-state index in [0.29, 0.717) is 19.4 Å². The Morgan fingerprint density at radius 3 is 2.41 bits per heavy atom. The standard InChI is InChI=1S/C20H27BN2O3S/c1-3-23(27-18-7-5-4-6-8-18)14-13-20(24)22-19(21(25)26)15-17-11-9-16(2)10-12-17/h4-12,19,25-26H,3,13-15H2,1-2H3,(H,22,24). The first kappa shape index (κ1) is 21.5. The van der Waals surface area contributed by atoms with Crippen molar-refractivity contribution in [2.24, 2.45) is 0 Å². The molecule has 7 heteroatoms. The first-order chi connectivity index (χ1) is 13.0. The normalized spacial score (nSPS) is 12.0. The third-order valence-electron chi connectivity index (χ3n) is 4.20. The van der Waals surface area contributed by atoms with E-state index in [9.17, 15) is 14.8 Å². The summed E-state index contributed by atoms with van der Waals surface area (Å²) in [7, 11) is -1.60. The number of benzene rings is 2. The molecule has 1 amide bonds. The molecular formula is C20H27BN2O3S. The van der Waals surface area contributed by atoms with E-state index in [1.54, 1.807) is 11.9 Å². The van der Waals surface area contributed by atoms with E-state index >= 15 is 0 Å². The molecule has 5 nitrogen and oxygen atoms in total. The summed E-state index contributed by atoms with van der Waals surface area (Å²) < 4.78 is 2.11. The van der Waals surface area contributed by atoms with E-state index in [1.165, 1.54) is 0 Å². The Balaban J connectivity index is 1.84. The summed E-state index contributed by atoms with van der Waals surface area (Å²) in [5.74, 6) is -0.913. The zero-order valence-corrected chi connectivity index (χ0v) is 16.7. The van der Waals surface area contributed by atoms with Crippen molar-refractivity contribution in [3.8, 4) is 0 Å². The average molecular weight is 386 g/mol. The van der Waals surface area contributed by atoms with Gasteiger partial charge in [0.15, 0.2) is 0 Å². The molecule has 144 valence electrons. The monoisotopic (exact) mass is 386 g/mol. The maximum Gasteiger partial charge on any atom is 0.475 e. The van der Waals surface area contributed by atoms with Gasteiger partial charge in [0.25, 0.3) is 0 Å². The largest absolute Gasteiger partial charge is 0.475 e. The van der Waals surface area contributed by atoms with Gasteiger partial charge in [-0.3, -0.25) is 4.79 Å². The first-order valence-electron chi connectivity index (χ1n) is 9.17. The summed E-state index contributed by atoms with van der Waals surface area (Å²) in [6.45, 7) is 5.44. The van der Waals surface area contributed by atoms with Crippen LogP contribution in [0.25, 0.3) is 0 Å². The lowest BCUT2D eigenvalue weighted by atomic mass is 9.76. The van der Waals surface area contributed by atoms with Crippen LogP contribution in [0.15, 0.2) is 59.5 Å². The van der Waals surface area contributed by atoms with Crippen molar-refractivity contribution in [3.05, 3.63) is 65.7 Å². The Labute approximate surface area is 166 Å². The predicted molar refractivity (Wildman–Crippen MR) is 111 cm³/mol. The minimum absolute atomic E-state index is 0.188. The summed E-state index contributed by atoms with van der Waals surface area (Å²) in [6, 6.07) is 17.8. The van der Waals surface area contributed by atoms with Gasteiger partial charge in [-0.05, 0) is 43.0 Å². The maximum absolute atomic E-state index is 12.3. The summed E-state index contributed by atoms with van der Waals surface area (Å²) in [4.78, 5) is 13.4. The van der Waals surface area contributed by atoms with Crippen LogP contribution in [0.5, 0.6) is 0 Å². The molecule has 27 heavy (non-hydrogen) atoms. The van der Waals surface area contributed by atoms with Gasteiger partial charge in [0.05, 0.1) is 5.94 Å². The number of hydrogen-bond donors (Lipinski definition) is 3. The summed E-state index contributed by atoms with van der Waals surface area (Å²) in [5.41, 5.74) is 2.09. The zero-order chi connectivity index (χ0) is 19.6. The van der Waals surface area contributed by atoms with E-state index in [2.05, 4.69) is 9.62 Å². The number of aryl methyl sites for hydroxylation is 1. The van der Waals surface area contributed by atoms with Crippen molar-refractivity contribution in [1.82, 2.24) is 9.62 Å². The van der Waals surface area contributed by atoms with Gasteiger partial charge in [0, 0.05) is 24.4 Å². The number of carbonyl (C=O) groups is 1. The van der Waals surface area contributed by atoms with Crippen molar-refractivity contribution < 1.29 is 14.8 Å². The maximum atomic E-state index is 12.3. The Bertz CT molecular complexity index is 698. The number of hydrogen-bond acceptors (Lipinski definition) is 5. The number of carbonyl (C=O) groups excluding carboxylic acids is 1. The highest BCUT2D eigenvalue weighted by Gasteiger charge is 2.25. The van der Waals surface area contributed by atoms with Crippen molar-refractivity contribution >= 4 is 25.0 Å². The van der Waals surface area contributed by atoms with Crippen molar-refractivity contribution in [3.63, 3.8) is 0 Å². The quantitative estimate of drug-likeness (QED) is 0.432. The van der Waals surface area contributed by atoms with Crippen molar-refractivity contribution in [2.45, 2.75) is 37.5 Å². The molecule has 1 atom stereocenters. The Morgan fingerprint density at radius 2 is 1.81 bits per heavy atom. The number of nitrogens with zero attached hydrogens (tertiary/aromatic N) is 1. The molecule has 0 aliphatic heterocycles. The summed E-state index contributed by atoms with van der Waals surface area (Å²) >= 11 is 1.61. The lowest BCUT2D eigenvalue weighted by Crippen LogP contribution is -2.48. The van der Waals surface area contributed by atoms with Gasteiger partial charge in [0.2, 0.25) is 5.91 Å². The topological polar surface area (TPSA) is 72.8 Å². The van der Waals surface area contributed by atoms with E-state index in [0.717, 1.165) is 22.6 Å². The second kappa shape index (κ2) is 11.1. The molecule has 0 bridgehead atoms. The molecule has 2 rings (SSSR count). The highest BCUT2D eigenvalue weighted by molar-refractivity contribution is 7.97. The van der Waals surface area contributed by atoms with Gasteiger partial charge >= 0.3 is 7.12 Å². The van der Waals surface area contributed by atoms with Crippen LogP contribution in [-0.2, 0) is 11.2 Å². The highest BCUT2D eigenvalue weighted by Crippen LogP contribution is 2.21. The van der Waals surface area contributed by atoms with Gasteiger partial charge in [-0.1, -0.05) is 55.0 Å². The van der Waals surface area contributed by atoms with Crippen LogP contribution in [0.1, 0.15) is 24.5 Å². The Kier molecular flexibility index (Phi) is 8.87. The smallest absolute Gasteiger partial charge is 0.426 e. The molecule has 0 aliphatic carbocycles. The van der Waals surface area contributed by atoms with Gasteiger partial charge in [-0.25, -0.2) is 4.31 Å². The minimum atomic E-state index is -1.60. The van der Waals surface area contributed by atoms with E-state index in [-0.39, 0.29) is 5.91 Å². The number of rotatable bonds is 10. The summed E-state index contributed by atoms with van der Waals surface area (Å²) in [6.07, 6.45) is 0.671. The van der Waals surface area contributed by atoms with E-state index < -0.39 is 13.1 Å². The van der Waals surface area contributed by atoms with Crippen LogP contribution in [0.4, 0.5) is 0 Å². The molecule has 0 saturated carbocycles. The Morgan fingerprint density at radius 1 is 1.15 bits per heavy atom. The first-order valence-corrected chi connectivity index (χ1v) is 9.94. The molecule has 0 aliphatic rings. The molecule has 0 fully saturated rings. The molecule has 0 radical (unpaired) electrons. The fourth-order valence-corrected chi connectivity index (χ4v) is 3.50. The third kappa shape index (κ3) is 7.76. The molecule has 1 unspecified atom stereocenters. The molecular weight excluding hydrogens is 359 g/mol. The fraction of sp³-hybridized carbons (Fsp3) is 0.350. The summed E-state index contributed by atoms with van der Waals surface area (Å²) in [5, 5.41) is 22.0.